The zero-order valence-corrected chi connectivity index (χ0v) is 21.9. The van der Waals surface area contributed by atoms with Crippen molar-refractivity contribution in [1.82, 2.24) is 9.88 Å². The number of anilines is 2. The summed E-state index contributed by atoms with van der Waals surface area (Å²) in [5, 5.41) is 22.2. The molecule has 4 rings (SSSR count). The van der Waals surface area contributed by atoms with Crippen molar-refractivity contribution in [1.29, 1.82) is 0 Å². The molecule has 0 aliphatic carbocycles. The number of nitrogens with zero attached hydrogens (tertiary/aromatic N) is 2. The molecule has 1 atom stereocenters. The molecule has 9 nitrogen and oxygen atoms in total. The minimum absolute atomic E-state index is 0.00616. The Labute approximate surface area is 222 Å². The van der Waals surface area contributed by atoms with E-state index in [1.54, 1.807) is 11.8 Å². The van der Waals surface area contributed by atoms with E-state index < -0.39 is 29.6 Å². The lowest BCUT2D eigenvalue weighted by Gasteiger charge is -2.43. The number of rotatable bonds is 8. The van der Waals surface area contributed by atoms with Crippen molar-refractivity contribution in [2.24, 2.45) is 0 Å². The van der Waals surface area contributed by atoms with Gasteiger partial charge >= 0.3 is 5.97 Å². The second-order valence-corrected chi connectivity index (χ2v) is 9.68. The first kappa shape index (κ1) is 27.8. The summed E-state index contributed by atoms with van der Waals surface area (Å²) in [6, 6.07) is 2.12. The monoisotopic (exact) mass is 550 g/mol. The second-order valence-electron chi connectivity index (χ2n) is 9.30. The van der Waals surface area contributed by atoms with Crippen LogP contribution in [-0.2, 0) is 11.3 Å². The lowest BCUT2D eigenvalue weighted by molar-refractivity contribution is 0.0524. The van der Waals surface area contributed by atoms with Gasteiger partial charge in [0.1, 0.15) is 11.4 Å². The number of aromatic nitrogens is 1. The van der Waals surface area contributed by atoms with Gasteiger partial charge in [-0.05, 0) is 32.9 Å². The molecule has 204 valence electrons. The topological polar surface area (TPSA) is 130 Å². The third kappa shape index (κ3) is 4.71. The Morgan fingerprint density at radius 1 is 1.32 bits per heavy atom. The first-order valence-electron chi connectivity index (χ1n) is 12.1. The molecular weight excluding hydrogens is 522 g/mol. The molecular formula is C26H29ClF2N4O5. The van der Waals surface area contributed by atoms with Gasteiger partial charge in [-0.1, -0.05) is 11.6 Å². The molecule has 1 fully saturated rings. The second kappa shape index (κ2) is 10.9. The molecule has 0 spiro atoms. The SMILES string of the molecule is CCOC(=O)c1cn(-c2cc(N)c(F)cc2CO)c2c(Cl)c(N3CC(NC(C)CO)C3)c(F)c(C)c2c1=O. The van der Waals surface area contributed by atoms with Crippen LogP contribution in [0.1, 0.15) is 35.3 Å². The summed E-state index contributed by atoms with van der Waals surface area (Å²) >= 11 is 6.81. The number of nitrogens with one attached hydrogen (secondary N) is 1. The normalized spacial score (nSPS) is 14.6. The summed E-state index contributed by atoms with van der Waals surface area (Å²) in [7, 11) is 0. The maximum atomic E-state index is 15.8. The minimum Gasteiger partial charge on any atom is -0.462 e. The van der Waals surface area contributed by atoms with Crippen LogP contribution in [0.25, 0.3) is 16.6 Å². The number of fused-ring (bicyclic) bond motifs is 1. The average molecular weight is 551 g/mol. The summed E-state index contributed by atoms with van der Waals surface area (Å²) in [5.41, 5.74) is 4.76. The highest BCUT2D eigenvalue weighted by Crippen LogP contribution is 2.41. The van der Waals surface area contributed by atoms with Gasteiger partial charge in [-0.15, -0.1) is 0 Å². The van der Waals surface area contributed by atoms with Crippen LogP contribution < -0.4 is 21.4 Å². The molecule has 1 aliphatic heterocycles. The van der Waals surface area contributed by atoms with Crippen molar-refractivity contribution in [2.45, 2.75) is 39.5 Å². The number of ether oxygens (including phenoxy) is 1. The number of carbonyl (C=O) groups excluding carboxylic acids is 1. The number of carbonyl (C=O) groups is 1. The van der Waals surface area contributed by atoms with E-state index in [1.807, 2.05) is 6.92 Å². The Kier molecular flexibility index (Phi) is 7.93. The molecule has 0 radical (unpaired) electrons. The lowest BCUT2D eigenvalue weighted by Crippen LogP contribution is -2.60. The number of aliphatic hydroxyl groups is 2. The van der Waals surface area contributed by atoms with Crippen LogP contribution in [0.2, 0.25) is 5.02 Å². The fourth-order valence-electron chi connectivity index (χ4n) is 4.69. The summed E-state index contributed by atoms with van der Waals surface area (Å²) in [6.07, 6.45) is 1.19. The van der Waals surface area contributed by atoms with Crippen molar-refractivity contribution in [3.05, 3.63) is 61.9 Å². The number of benzene rings is 2. The number of pyridine rings is 1. The quantitative estimate of drug-likeness (QED) is 0.249. The number of hydrogen-bond donors (Lipinski definition) is 4. The van der Waals surface area contributed by atoms with E-state index in [4.69, 9.17) is 22.1 Å². The highest BCUT2D eigenvalue weighted by molar-refractivity contribution is 6.38. The summed E-state index contributed by atoms with van der Waals surface area (Å²) in [4.78, 5) is 27.9. The molecule has 2 aromatic carbocycles. The van der Waals surface area contributed by atoms with Gasteiger partial charge in [-0.3, -0.25) is 4.79 Å². The molecule has 0 bridgehead atoms. The molecule has 0 saturated carbocycles. The van der Waals surface area contributed by atoms with E-state index in [2.05, 4.69) is 5.32 Å². The Balaban J connectivity index is 2.02. The summed E-state index contributed by atoms with van der Waals surface area (Å²) < 4.78 is 36.4. The maximum absolute atomic E-state index is 15.8. The van der Waals surface area contributed by atoms with Crippen LogP contribution in [0.3, 0.4) is 0 Å². The van der Waals surface area contributed by atoms with Crippen molar-refractivity contribution in [3.8, 4) is 5.69 Å². The maximum Gasteiger partial charge on any atom is 0.343 e. The predicted octanol–water partition coefficient (Wildman–Crippen LogP) is 2.64. The molecule has 1 aromatic heterocycles. The fraction of sp³-hybridized carbons (Fsp3) is 0.385. The first-order valence-corrected chi connectivity index (χ1v) is 12.5. The number of aryl methyl sites for hydroxylation is 1. The van der Waals surface area contributed by atoms with Gasteiger partial charge in [0.15, 0.2) is 5.82 Å². The van der Waals surface area contributed by atoms with Crippen LogP contribution in [0, 0.1) is 18.6 Å². The van der Waals surface area contributed by atoms with Gasteiger partial charge in [-0.25, -0.2) is 13.6 Å². The summed E-state index contributed by atoms with van der Waals surface area (Å²) in [5.74, 6) is -2.41. The van der Waals surface area contributed by atoms with E-state index in [0.29, 0.717) is 13.1 Å². The predicted molar refractivity (Wildman–Crippen MR) is 141 cm³/mol. The molecule has 5 N–H and O–H groups in total. The molecule has 2 heterocycles. The van der Waals surface area contributed by atoms with Crippen LogP contribution in [0.4, 0.5) is 20.2 Å². The van der Waals surface area contributed by atoms with E-state index in [-0.39, 0.29) is 75.0 Å². The largest absolute Gasteiger partial charge is 0.462 e. The van der Waals surface area contributed by atoms with E-state index in [9.17, 15) is 24.2 Å². The van der Waals surface area contributed by atoms with E-state index in [1.165, 1.54) is 23.8 Å². The Morgan fingerprint density at radius 3 is 2.61 bits per heavy atom. The Hall–Kier alpha value is -3.25. The average Bonchev–Trinajstić information content (AvgIpc) is 2.86. The standard InChI is InChI=1S/C26H29ClF2N4O5/c1-4-38-26(37)16-9-33(19-6-18(30)17(28)5-14(19)11-35)23-20(25(16)36)13(3)22(29)24(21(23)27)32-7-15(8-32)31-12(2)10-34/h5-6,9,12,15,31,34-35H,4,7-8,10-11,30H2,1-3H3. The molecule has 0 amide bonds. The number of nitrogens with two attached hydrogens (primary N) is 1. The molecule has 1 unspecified atom stereocenters. The fourth-order valence-corrected chi connectivity index (χ4v) is 5.08. The summed E-state index contributed by atoms with van der Waals surface area (Å²) in [6.45, 7) is 4.94. The van der Waals surface area contributed by atoms with E-state index >= 15 is 4.39 Å². The zero-order valence-electron chi connectivity index (χ0n) is 21.1. The first-order chi connectivity index (χ1) is 18.0. The molecule has 1 aliphatic rings. The number of nitrogen functional groups attached to an aromatic ring is 1. The van der Waals surface area contributed by atoms with Crippen molar-refractivity contribution in [3.63, 3.8) is 0 Å². The van der Waals surface area contributed by atoms with Crippen LogP contribution in [0.15, 0.2) is 23.1 Å². The van der Waals surface area contributed by atoms with E-state index in [0.717, 1.165) is 6.07 Å². The highest BCUT2D eigenvalue weighted by Gasteiger charge is 2.34. The van der Waals surface area contributed by atoms with Gasteiger partial charge in [0.2, 0.25) is 5.43 Å². The van der Waals surface area contributed by atoms with Crippen LogP contribution in [-0.4, -0.2) is 59.1 Å². The number of esters is 1. The molecule has 1 saturated heterocycles. The van der Waals surface area contributed by atoms with Crippen LogP contribution >= 0.6 is 11.6 Å². The van der Waals surface area contributed by atoms with Gasteiger partial charge < -0.3 is 35.5 Å². The molecule has 38 heavy (non-hydrogen) atoms. The number of aliphatic hydroxyl groups excluding tert-OH is 2. The zero-order chi connectivity index (χ0) is 27.9. The van der Waals surface area contributed by atoms with Crippen molar-refractivity contribution < 1.29 is 28.5 Å². The third-order valence-corrected chi connectivity index (χ3v) is 7.01. The Morgan fingerprint density at radius 2 is 2.00 bits per heavy atom. The smallest absolute Gasteiger partial charge is 0.343 e. The highest BCUT2D eigenvalue weighted by atomic mass is 35.5. The van der Waals surface area contributed by atoms with Gasteiger partial charge in [-0.2, -0.15) is 0 Å². The van der Waals surface area contributed by atoms with Crippen molar-refractivity contribution in [2.75, 3.05) is 36.9 Å². The third-order valence-electron chi connectivity index (χ3n) is 6.65. The van der Waals surface area contributed by atoms with Gasteiger partial charge in [0.25, 0.3) is 0 Å². The van der Waals surface area contributed by atoms with Gasteiger partial charge in [0, 0.05) is 42.5 Å². The Bertz CT molecular complexity index is 1470. The number of halogens is 3. The lowest BCUT2D eigenvalue weighted by atomic mass is 10.00. The van der Waals surface area contributed by atoms with Crippen LogP contribution in [0.5, 0.6) is 0 Å². The number of hydrogen-bond acceptors (Lipinski definition) is 8. The molecule has 12 heteroatoms. The van der Waals surface area contributed by atoms with Gasteiger partial charge in [0.05, 0.1) is 52.8 Å². The molecule has 3 aromatic rings. The minimum atomic E-state index is -0.927. The van der Waals surface area contributed by atoms with Crippen molar-refractivity contribution >= 4 is 39.8 Å².